The zero-order chi connectivity index (χ0) is 13.3. The Kier molecular flexibility index (Phi) is 3.01. The predicted molar refractivity (Wildman–Crippen MR) is 64.0 cm³/mol. The highest BCUT2D eigenvalue weighted by Crippen LogP contribution is 2.21. The summed E-state index contributed by atoms with van der Waals surface area (Å²) in [6, 6.07) is 5.64. The molecule has 2 rings (SSSR count). The van der Waals surface area contributed by atoms with Gasteiger partial charge >= 0.3 is 5.97 Å². The number of benzene rings is 1. The minimum Gasteiger partial charge on any atom is -0.465 e. The monoisotopic (exact) mass is 249 g/mol. The molecule has 0 amide bonds. The fourth-order valence-electron chi connectivity index (χ4n) is 1.68. The highest BCUT2D eigenvalue weighted by molar-refractivity contribution is 5.95. The minimum atomic E-state index is -0.543. The summed E-state index contributed by atoms with van der Waals surface area (Å²) < 4.78 is 18.8. The molecule has 0 fully saturated rings. The number of anilines is 1. The number of hydrogen-bond donors (Lipinski definition) is 1. The van der Waals surface area contributed by atoms with Crippen LogP contribution in [0.2, 0.25) is 0 Å². The molecule has 0 saturated heterocycles. The lowest BCUT2D eigenvalue weighted by Gasteiger charge is -2.04. The average Bonchev–Trinajstić information content (AvgIpc) is 2.65. The van der Waals surface area contributed by atoms with E-state index in [1.54, 1.807) is 6.92 Å². The van der Waals surface area contributed by atoms with Crippen molar-refractivity contribution in [2.24, 2.45) is 0 Å². The van der Waals surface area contributed by atoms with Crippen molar-refractivity contribution in [3.8, 4) is 5.69 Å². The molecule has 0 atom stereocenters. The van der Waals surface area contributed by atoms with Gasteiger partial charge in [0.05, 0.1) is 18.5 Å². The molecule has 1 aromatic heterocycles. The van der Waals surface area contributed by atoms with E-state index in [-0.39, 0.29) is 17.2 Å². The SMILES string of the molecule is COC(=O)c1c(C)nn(-c2ccc(F)cc2)c1N. The van der Waals surface area contributed by atoms with E-state index in [0.29, 0.717) is 11.4 Å². The van der Waals surface area contributed by atoms with Crippen molar-refractivity contribution in [2.75, 3.05) is 12.8 Å². The fourth-order valence-corrected chi connectivity index (χ4v) is 1.68. The summed E-state index contributed by atoms with van der Waals surface area (Å²) in [5.74, 6) is -0.723. The maximum atomic E-state index is 12.8. The van der Waals surface area contributed by atoms with Crippen molar-refractivity contribution in [3.63, 3.8) is 0 Å². The number of nitrogen functional groups attached to an aromatic ring is 1. The number of aryl methyl sites for hydroxylation is 1. The van der Waals surface area contributed by atoms with E-state index < -0.39 is 5.97 Å². The third-order valence-corrected chi connectivity index (χ3v) is 2.56. The third-order valence-electron chi connectivity index (χ3n) is 2.56. The first-order valence-electron chi connectivity index (χ1n) is 5.24. The third kappa shape index (κ3) is 1.92. The fraction of sp³-hybridized carbons (Fsp3) is 0.167. The van der Waals surface area contributed by atoms with Crippen molar-refractivity contribution in [1.82, 2.24) is 9.78 Å². The number of halogens is 1. The van der Waals surface area contributed by atoms with E-state index in [4.69, 9.17) is 5.73 Å². The van der Waals surface area contributed by atoms with Crippen molar-refractivity contribution < 1.29 is 13.9 Å². The van der Waals surface area contributed by atoms with Gasteiger partial charge < -0.3 is 10.5 Å². The first kappa shape index (κ1) is 12.1. The Morgan fingerprint density at radius 1 is 1.39 bits per heavy atom. The number of ether oxygens (including phenoxy) is 1. The number of nitrogens with two attached hydrogens (primary N) is 1. The normalized spacial score (nSPS) is 10.4. The second kappa shape index (κ2) is 4.48. The molecule has 0 aliphatic heterocycles. The van der Waals surface area contributed by atoms with Gasteiger partial charge in [-0.1, -0.05) is 0 Å². The zero-order valence-electron chi connectivity index (χ0n) is 9.98. The van der Waals surface area contributed by atoms with E-state index in [0.717, 1.165) is 0 Å². The van der Waals surface area contributed by atoms with E-state index >= 15 is 0 Å². The van der Waals surface area contributed by atoms with Crippen LogP contribution < -0.4 is 5.73 Å². The summed E-state index contributed by atoms with van der Waals surface area (Å²) in [6.07, 6.45) is 0. The molecule has 1 aromatic carbocycles. The number of esters is 1. The van der Waals surface area contributed by atoms with Crippen LogP contribution in [0.5, 0.6) is 0 Å². The van der Waals surface area contributed by atoms with Crippen molar-refractivity contribution >= 4 is 11.8 Å². The summed E-state index contributed by atoms with van der Waals surface area (Å²) in [6.45, 7) is 1.66. The van der Waals surface area contributed by atoms with Crippen LogP contribution in [-0.4, -0.2) is 22.9 Å². The molecule has 0 radical (unpaired) electrons. The van der Waals surface area contributed by atoms with Crippen LogP contribution in [0.3, 0.4) is 0 Å². The molecule has 1 heterocycles. The lowest BCUT2D eigenvalue weighted by molar-refractivity contribution is 0.0601. The summed E-state index contributed by atoms with van der Waals surface area (Å²) in [4.78, 5) is 11.5. The molecule has 0 unspecified atom stereocenters. The predicted octanol–water partition coefficient (Wildman–Crippen LogP) is 1.69. The van der Waals surface area contributed by atoms with Crippen molar-refractivity contribution in [2.45, 2.75) is 6.92 Å². The molecule has 0 aliphatic carbocycles. The highest BCUT2D eigenvalue weighted by atomic mass is 19.1. The quantitative estimate of drug-likeness (QED) is 0.822. The van der Waals surface area contributed by atoms with Crippen LogP contribution in [-0.2, 0) is 4.74 Å². The Bertz CT molecular complexity index is 590. The summed E-state index contributed by atoms with van der Waals surface area (Å²) in [7, 11) is 1.27. The van der Waals surface area contributed by atoms with Gasteiger partial charge in [0.25, 0.3) is 0 Å². The van der Waals surface area contributed by atoms with Crippen LogP contribution in [0.15, 0.2) is 24.3 Å². The Balaban J connectivity index is 2.53. The Hall–Kier alpha value is -2.37. The first-order valence-corrected chi connectivity index (χ1v) is 5.24. The Morgan fingerprint density at radius 2 is 2.00 bits per heavy atom. The standard InChI is InChI=1S/C12H12FN3O2/c1-7-10(12(17)18-2)11(14)16(15-7)9-5-3-8(13)4-6-9/h3-6H,14H2,1-2H3. The second-order valence-electron chi connectivity index (χ2n) is 3.73. The summed E-state index contributed by atoms with van der Waals surface area (Å²) in [5, 5.41) is 4.15. The molecular weight excluding hydrogens is 237 g/mol. The van der Waals surface area contributed by atoms with Crippen molar-refractivity contribution in [1.29, 1.82) is 0 Å². The lowest BCUT2D eigenvalue weighted by Crippen LogP contribution is -2.07. The lowest BCUT2D eigenvalue weighted by atomic mass is 10.2. The molecule has 0 spiro atoms. The molecule has 2 N–H and O–H groups in total. The van der Waals surface area contributed by atoms with Gasteiger partial charge in [-0.25, -0.2) is 13.9 Å². The van der Waals surface area contributed by atoms with Gasteiger partial charge in [-0.15, -0.1) is 0 Å². The van der Waals surface area contributed by atoms with Gasteiger partial charge in [0.1, 0.15) is 17.2 Å². The number of methoxy groups -OCH3 is 1. The highest BCUT2D eigenvalue weighted by Gasteiger charge is 2.20. The Labute approximate surface area is 103 Å². The van der Waals surface area contributed by atoms with Crippen LogP contribution in [0.25, 0.3) is 5.69 Å². The molecule has 2 aromatic rings. The smallest absolute Gasteiger partial charge is 0.343 e. The van der Waals surface area contributed by atoms with Gasteiger partial charge in [-0.05, 0) is 31.2 Å². The molecule has 5 nitrogen and oxygen atoms in total. The zero-order valence-corrected chi connectivity index (χ0v) is 9.98. The molecule has 6 heteroatoms. The van der Waals surface area contributed by atoms with E-state index in [2.05, 4.69) is 9.84 Å². The maximum Gasteiger partial charge on any atom is 0.343 e. The molecule has 18 heavy (non-hydrogen) atoms. The van der Waals surface area contributed by atoms with Gasteiger partial charge in [-0.2, -0.15) is 5.10 Å². The second-order valence-corrected chi connectivity index (χ2v) is 3.73. The van der Waals surface area contributed by atoms with Crippen LogP contribution in [0, 0.1) is 12.7 Å². The molecule has 0 aliphatic rings. The molecule has 0 bridgehead atoms. The minimum absolute atomic E-state index is 0.172. The Morgan fingerprint density at radius 3 is 2.56 bits per heavy atom. The number of hydrogen-bond acceptors (Lipinski definition) is 4. The number of nitrogens with zero attached hydrogens (tertiary/aromatic N) is 2. The topological polar surface area (TPSA) is 70.1 Å². The first-order chi connectivity index (χ1) is 8.54. The number of carbonyl (C=O) groups is 1. The number of rotatable bonds is 2. The number of aromatic nitrogens is 2. The van der Waals surface area contributed by atoms with E-state index in [1.807, 2.05) is 0 Å². The van der Waals surface area contributed by atoms with Crippen molar-refractivity contribution in [3.05, 3.63) is 41.3 Å². The van der Waals surface area contributed by atoms with Gasteiger partial charge in [0.2, 0.25) is 0 Å². The van der Waals surface area contributed by atoms with E-state index in [1.165, 1.54) is 36.1 Å². The van der Waals surface area contributed by atoms with Crippen LogP contribution >= 0.6 is 0 Å². The van der Waals surface area contributed by atoms with Crippen LogP contribution in [0.1, 0.15) is 16.1 Å². The van der Waals surface area contributed by atoms with E-state index in [9.17, 15) is 9.18 Å². The summed E-state index contributed by atoms with van der Waals surface area (Å²) >= 11 is 0. The maximum absolute atomic E-state index is 12.8. The molecular formula is C12H12FN3O2. The summed E-state index contributed by atoms with van der Waals surface area (Å²) in [5.41, 5.74) is 7.12. The van der Waals surface area contributed by atoms with Gasteiger partial charge in [0, 0.05) is 0 Å². The molecule has 0 saturated carbocycles. The van der Waals surface area contributed by atoms with Crippen LogP contribution in [0.4, 0.5) is 10.2 Å². The number of carbonyl (C=O) groups excluding carboxylic acids is 1. The largest absolute Gasteiger partial charge is 0.465 e. The molecule has 94 valence electrons. The average molecular weight is 249 g/mol. The van der Waals surface area contributed by atoms with Gasteiger partial charge in [0.15, 0.2) is 0 Å². The van der Waals surface area contributed by atoms with Gasteiger partial charge in [-0.3, -0.25) is 0 Å².